The van der Waals surface area contributed by atoms with E-state index >= 15 is 0 Å². The van der Waals surface area contributed by atoms with Gasteiger partial charge in [-0.3, -0.25) is 9.78 Å². The molecule has 1 amide bonds. The molecule has 1 aromatic carbocycles. The number of aromatic nitrogens is 1. The Morgan fingerprint density at radius 2 is 2.17 bits per heavy atom. The maximum atomic E-state index is 12.4. The first kappa shape index (κ1) is 15.9. The molecule has 4 heteroatoms. The maximum Gasteiger partial charge on any atom is 0.253 e. The summed E-state index contributed by atoms with van der Waals surface area (Å²) >= 11 is 0. The highest BCUT2D eigenvalue weighted by Crippen LogP contribution is 2.17. The van der Waals surface area contributed by atoms with Crippen LogP contribution >= 0.6 is 0 Å². The molecule has 0 bridgehead atoms. The monoisotopic (exact) mass is 311 g/mol. The second kappa shape index (κ2) is 7.55. The van der Waals surface area contributed by atoms with E-state index in [2.05, 4.69) is 22.1 Å². The zero-order valence-corrected chi connectivity index (χ0v) is 13.8. The van der Waals surface area contributed by atoms with Gasteiger partial charge in [0.25, 0.3) is 5.91 Å². The number of nitrogens with zero attached hydrogens (tertiary/aromatic N) is 2. The van der Waals surface area contributed by atoms with Crippen LogP contribution in [0.4, 0.5) is 0 Å². The van der Waals surface area contributed by atoms with Crippen LogP contribution in [-0.4, -0.2) is 41.5 Å². The number of carbonyl (C=O) groups excluding carboxylic acids is 1. The maximum absolute atomic E-state index is 12.4. The van der Waals surface area contributed by atoms with Crippen LogP contribution in [0.3, 0.4) is 0 Å². The zero-order chi connectivity index (χ0) is 16.1. The number of hydrogen-bond acceptors (Lipinski definition) is 3. The molecule has 2 aromatic rings. The fourth-order valence-electron chi connectivity index (χ4n) is 3.36. The highest BCUT2D eigenvalue weighted by molar-refractivity contribution is 6.05. The first-order chi connectivity index (χ1) is 11.3. The van der Waals surface area contributed by atoms with E-state index in [1.165, 1.54) is 25.8 Å². The van der Waals surface area contributed by atoms with Crippen molar-refractivity contribution in [3.63, 3.8) is 0 Å². The number of hydrogen-bond donors (Lipinski definition) is 1. The van der Waals surface area contributed by atoms with Crippen molar-refractivity contribution in [3.05, 3.63) is 42.1 Å². The smallest absolute Gasteiger partial charge is 0.253 e. The molecule has 0 radical (unpaired) electrons. The average molecular weight is 311 g/mol. The van der Waals surface area contributed by atoms with Crippen LogP contribution in [0, 0.1) is 0 Å². The number of rotatable bonds is 5. The SMILES string of the molecule is CC1CCCCN1CCCNC(=O)c1cccc2cccnc12. The topological polar surface area (TPSA) is 45.2 Å². The Morgan fingerprint density at radius 1 is 1.30 bits per heavy atom. The summed E-state index contributed by atoms with van der Waals surface area (Å²) in [4.78, 5) is 19.3. The number of nitrogens with one attached hydrogen (secondary N) is 1. The third-order valence-corrected chi connectivity index (χ3v) is 4.73. The predicted molar refractivity (Wildman–Crippen MR) is 93.6 cm³/mol. The Bertz CT molecular complexity index is 665. The number of carbonyl (C=O) groups is 1. The third-order valence-electron chi connectivity index (χ3n) is 4.73. The molecule has 2 heterocycles. The van der Waals surface area contributed by atoms with Gasteiger partial charge in [-0.25, -0.2) is 0 Å². The standard InChI is InChI=1S/C19H25N3O/c1-15-7-2-3-13-22(15)14-6-12-21-19(23)17-10-4-8-16-9-5-11-20-18(16)17/h4-5,8-11,15H,2-3,6-7,12-14H2,1H3,(H,21,23). The largest absolute Gasteiger partial charge is 0.352 e. The summed E-state index contributed by atoms with van der Waals surface area (Å²) in [6, 6.07) is 10.3. The molecule has 1 aromatic heterocycles. The van der Waals surface area contributed by atoms with E-state index in [9.17, 15) is 4.79 Å². The number of likely N-dealkylation sites (tertiary alicyclic amines) is 1. The van der Waals surface area contributed by atoms with E-state index < -0.39 is 0 Å². The van der Waals surface area contributed by atoms with Crippen molar-refractivity contribution in [2.45, 2.75) is 38.6 Å². The van der Waals surface area contributed by atoms with Crippen LogP contribution in [0.1, 0.15) is 43.0 Å². The first-order valence-corrected chi connectivity index (χ1v) is 8.62. The molecule has 1 N–H and O–H groups in total. The Hall–Kier alpha value is -1.94. The Labute approximate surface area is 137 Å². The average Bonchev–Trinajstić information content (AvgIpc) is 2.59. The summed E-state index contributed by atoms with van der Waals surface area (Å²) in [6.07, 6.45) is 6.68. The van der Waals surface area contributed by atoms with Gasteiger partial charge >= 0.3 is 0 Å². The molecule has 1 fully saturated rings. The van der Waals surface area contributed by atoms with E-state index in [-0.39, 0.29) is 5.91 Å². The molecule has 122 valence electrons. The second-order valence-electron chi connectivity index (χ2n) is 6.37. The van der Waals surface area contributed by atoms with Crippen LogP contribution in [0.2, 0.25) is 0 Å². The molecule has 1 aliphatic rings. The molecular weight excluding hydrogens is 286 g/mol. The number of para-hydroxylation sites is 1. The minimum absolute atomic E-state index is 0.0269. The van der Waals surface area contributed by atoms with E-state index in [0.29, 0.717) is 18.2 Å². The normalized spacial score (nSPS) is 18.9. The van der Waals surface area contributed by atoms with Crippen LogP contribution in [-0.2, 0) is 0 Å². The molecule has 1 unspecified atom stereocenters. The van der Waals surface area contributed by atoms with Crippen LogP contribution in [0.15, 0.2) is 36.5 Å². The number of benzene rings is 1. The zero-order valence-electron chi connectivity index (χ0n) is 13.8. The van der Waals surface area contributed by atoms with E-state index in [4.69, 9.17) is 0 Å². The van der Waals surface area contributed by atoms with Gasteiger partial charge in [0.05, 0.1) is 11.1 Å². The van der Waals surface area contributed by atoms with Crippen LogP contribution < -0.4 is 5.32 Å². The van der Waals surface area contributed by atoms with Gasteiger partial charge in [0.1, 0.15) is 0 Å². The Kier molecular flexibility index (Phi) is 5.23. The lowest BCUT2D eigenvalue weighted by Crippen LogP contribution is -2.39. The van der Waals surface area contributed by atoms with E-state index in [1.54, 1.807) is 6.20 Å². The lowest BCUT2D eigenvalue weighted by atomic mass is 10.0. The van der Waals surface area contributed by atoms with Crippen molar-refractivity contribution >= 4 is 16.8 Å². The molecular formula is C19H25N3O. The van der Waals surface area contributed by atoms with Crippen molar-refractivity contribution < 1.29 is 4.79 Å². The summed E-state index contributed by atoms with van der Waals surface area (Å²) < 4.78 is 0. The van der Waals surface area contributed by atoms with Crippen LogP contribution in [0.25, 0.3) is 10.9 Å². The first-order valence-electron chi connectivity index (χ1n) is 8.62. The van der Waals surface area contributed by atoms with Crippen molar-refractivity contribution in [1.29, 1.82) is 0 Å². The summed E-state index contributed by atoms with van der Waals surface area (Å²) in [6.45, 7) is 5.28. The minimum Gasteiger partial charge on any atom is -0.352 e. The van der Waals surface area contributed by atoms with Gasteiger partial charge in [0.15, 0.2) is 0 Å². The molecule has 3 rings (SSSR count). The number of amides is 1. The quantitative estimate of drug-likeness (QED) is 0.862. The second-order valence-corrected chi connectivity index (χ2v) is 6.37. The van der Waals surface area contributed by atoms with Gasteiger partial charge in [0, 0.05) is 30.7 Å². The molecule has 4 nitrogen and oxygen atoms in total. The van der Waals surface area contributed by atoms with Gasteiger partial charge in [0.2, 0.25) is 0 Å². The number of pyridine rings is 1. The predicted octanol–water partition coefficient (Wildman–Crippen LogP) is 3.23. The molecule has 1 aliphatic heterocycles. The number of piperidine rings is 1. The van der Waals surface area contributed by atoms with Crippen molar-refractivity contribution in [2.24, 2.45) is 0 Å². The molecule has 0 saturated carbocycles. The van der Waals surface area contributed by atoms with Crippen LogP contribution in [0.5, 0.6) is 0 Å². The van der Waals surface area contributed by atoms with Gasteiger partial charge < -0.3 is 10.2 Å². The van der Waals surface area contributed by atoms with E-state index in [0.717, 1.165) is 23.9 Å². The van der Waals surface area contributed by atoms with Gasteiger partial charge in [-0.05, 0) is 44.9 Å². The fraction of sp³-hybridized carbons (Fsp3) is 0.474. The van der Waals surface area contributed by atoms with Crippen molar-refractivity contribution in [2.75, 3.05) is 19.6 Å². The van der Waals surface area contributed by atoms with E-state index in [1.807, 2.05) is 30.3 Å². The Morgan fingerprint density at radius 3 is 3.04 bits per heavy atom. The molecule has 0 aliphatic carbocycles. The summed E-state index contributed by atoms with van der Waals surface area (Å²) in [5.41, 5.74) is 1.44. The fourth-order valence-corrected chi connectivity index (χ4v) is 3.36. The lowest BCUT2D eigenvalue weighted by molar-refractivity contribution is 0.0950. The summed E-state index contributed by atoms with van der Waals surface area (Å²) in [5.74, 6) is -0.0269. The molecule has 1 atom stereocenters. The van der Waals surface area contributed by atoms with Crippen molar-refractivity contribution in [3.8, 4) is 0 Å². The van der Waals surface area contributed by atoms with Gasteiger partial charge in [-0.15, -0.1) is 0 Å². The molecule has 1 saturated heterocycles. The highest BCUT2D eigenvalue weighted by atomic mass is 16.1. The summed E-state index contributed by atoms with van der Waals surface area (Å²) in [5, 5.41) is 4.04. The lowest BCUT2D eigenvalue weighted by Gasteiger charge is -2.33. The third kappa shape index (κ3) is 3.88. The molecule has 23 heavy (non-hydrogen) atoms. The van der Waals surface area contributed by atoms with Gasteiger partial charge in [-0.1, -0.05) is 24.6 Å². The molecule has 0 spiro atoms. The van der Waals surface area contributed by atoms with Gasteiger partial charge in [-0.2, -0.15) is 0 Å². The summed E-state index contributed by atoms with van der Waals surface area (Å²) in [7, 11) is 0. The minimum atomic E-state index is -0.0269. The number of fused-ring (bicyclic) bond motifs is 1. The Balaban J connectivity index is 1.53. The highest BCUT2D eigenvalue weighted by Gasteiger charge is 2.17. The van der Waals surface area contributed by atoms with Crippen molar-refractivity contribution in [1.82, 2.24) is 15.2 Å².